The second-order valence-corrected chi connectivity index (χ2v) is 5.69. The summed E-state index contributed by atoms with van der Waals surface area (Å²) >= 11 is 5.94. The van der Waals surface area contributed by atoms with E-state index >= 15 is 0 Å². The smallest absolute Gasteiger partial charge is 0.339 e. The van der Waals surface area contributed by atoms with Gasteiger partial charge in [-0.25, -0.2) is 4.79 Å². The number of anilines is 1. The van der Waals surface area contributed by atoms with E-state index in [-0.39, 0.29) is 23.4 Å². The molecule has 1 aromatic rings. The summed E-state index contributed by atoms with van der Waals surface area (Å²) in [4.78, 5) is 23.8. The number of amides is 1. The van der Waals surface area contributed by atoms with Crippen molar-refractivity contribution in [2.24, 2.45) is 11.7 Å². The van der Waals surface area contributed by atoms with E-state index in [2.05, 4.69) is 10.1 Å². The number of methoxy groups -OCH3 is 1. The molecule has 5 nitrogen and oxygen atoms in total. The van der Waals surface area contributed by atoms with Crippen LogP contribution >= 0.6 is 11.6 Å². The maximum Gasteiger partial charge on any atom is 0.339 e. The Bertz CT molecular complexity index is 540. The van der Waals surface area contributed by atoms with Crippen LogP contribution in [0.2, 0.25) is 5.02 Å². The molecule has 1 fully saturated rings. The molecule has 0 radical (unpaired) electrons. The molecule has 1 aliphatic rings. The molecular weight excluding hydrogens is 292 g/mol. The van der Waals surface area contributed by atoms with E-state index in [1.54, 1.807) is 12.1 Å². The zero-order chi connectivity index (χ0) is 15.4. The first-order chi connectivity index (χ1) is 10.0. The summed E-state index contributed by atoms with van der Waals surface area (Å²) in [5.41, 5.74) is 6.62. The Labute approximate surface area is 128 Å². The van der Waals surface area contributed by atoms with E-state index in [0.29, 0.717) is 10.7 Å². The average molecular weight is 311 g/mol. The van der Waals surface area contributed by atoms with Gasteiger partial charge in [-0.3, -0.25) is 4.79 Å². The molecule has 2 rings (SSSR count). The van der Waals surface area contributed by atoms with Gasteiger partial charge in [0.05, 0.1) is 17.7 Å². The van der Waals surface area contributed by atoms with Gasteiger partial charge in [0.2, 0.25) is 5.91 Å². The van der Waals surface area contributed by atoms with Crippen LogP contribution in [0.5, 0.6) is 0 Å². The summed E-state index contributed by atoms with van der Waals surface area (Å²) in [6, 6.07) is 4.97. The second kappa shape index (κ2) is 6.91. The fraction of sp³-hybridized carbons (Fsp3) is 0.467. The number of hydrogen-bond donors (Lipinski definition) is 2. The van der Waals surface area contributed by atoms with Crippen molar-refractivity contribution in [2.45, 2.75) is 31.7 Å². The van der Waals surface area contributed by atoms with Crippen LogP contribution in [0.3, 0.4) is 0 Å². The first-order valence-corrected chi connectivity index (χ1v) is 7.33. The third-order valence-corrected chi connectivity index (χ3v) is 4.11. The predicted octanol–water partition coefficient (Wildman–Crippen LogP) is 2.58. The maximum absolute atomic E-state index is 12.2. The number of carbonyl (C=O) groups is 2. The van der Waals surface area contributed by atoms with Gasteiger partial charge in [0.1, 0.15) is 0 Å². The molecular formula is C15H19ClN2O3. The highest BCUT2D eigenvalue weighted by Gasteiger charge is 2.24. The number of esters is 1. The van der Waals surface area contributed by atoms with Gasteiger partial charge in [0, 0.05) is 17.6 Å². The topological polar surface area (TPSA) is 81.4 Å². The fourth-order valence-corrected chi connectivity index (χ4v) is 2.69. The highest BCUT2D eigenvalue weighted by atomic mass is 35.5. The van der Waals surface area contributed by atoms with Crippen LogP contribution in [0.15, 0.2) is 18.2 Å². The van der Waals surface area contributed by atoms with Crippen LogP contribution in [0.1, 0.15) is 36.0 Å². The van der Waals surface area contributed by atoms with Crippen LogP contribution in [0.25, 0.3) is 0 Å². The van der Waals surface area contributed by atoms with E-state index in [1.807, 2.05) is 0 Å². The minimum Gasteiger partial charge on any atom is -0.465 e. The summed E-state index contributed by atoms with van der Waals surface area (Å²) < 4.78 is 4.66. The van der Waals surface area contributed by atoms with Gasteiger partial charge < -0.3 is 15.8 Å². The van der Waals surface area contributed by atoms with E-state index in [1.165, 1.54) is 13.2 Å². The van der Waals surface area contributed by atoms with Crippen LogP contribution in [0, 0.1) is 5.92 Å². The second-order valence-electron chi connectivity index (χ2n) is 5.29. The van der Waals surface area contributed by atoms with Crippen LogP contribution in [-0.4, -0.2) is 25.0 Å². The SMILES string of the molecule is COC(=O)c1cc(NC(=O)C2CCC(N)CC2)ccc1Cl. The quantitative estimate of drug-likeness (QED) is 0.841. The molecule has 0 aliphatic heterocycles. The van der Waals surface area contributed by atoms with Crippen LogP contribution in [-0.2, 0) is 9.53 Å². The lowest BCUT2D eigenvalue weighted by molar-refractivity contribution is -0.120. The number of halogens is 1. The first-order valence-electron chi connectivity index (χ1n) is 6.95. The Morgan fingerprint density at radius 2 is 1.95 bits per heavy atom. The van der Waals surface area contributed by atoms with Gasteiger partial charge in [-0.05, 0) is 43.9 Å². The normalized spacial score (nSPS) is 21.7. The third-order valence-electron chi connectivity index (χ3n) is 3.78. The van der Waals surface area contributed by atoms with Crippen molar-refractivity contribution in [3.63, 3.8) is 0 Å². The number of rotatable bonds is 3. The number of hydrogen-bond acceptors (Lipinski definition) is 4. The van der Waals surface area contributed by atoms with Crippen LogP contribution in [0.4, 0.5) is 5.69 Å². The highest BCUT2D eigenvalue weighted by Crippen LogP contribution is 2.26. The zero-order valence-corrected chi connectivity index (χ0v) is 12.7. The van der Waals surface area contributed by atoms with Crippen molar-refractivity contribution in [1.29, 1.82) is 0 Å². The third kappa shape index (κ3) is 3.95. The van der Waals surface area contributed by atoms with Gasteiger partial charge in [-0.1, -0.05) is 11.6 Å². The van der Waals surface area contributed by atoms with Crippen molar-refractivity contribution >= 4 is 29.2 Å². The monoisotopic (exact) mass is 310 g/mol. The summed E-state index contributed by atoms with van der Waals surface area (Å²) in [6.45, 7) is 0. The molecule has 1 aliphatic carbocycles. The number of ether oxygens (including phenoxy) is 1. The van der Waals surface area contributed by atoms with Crippen molar-refractivity contribution in [1.82, 2.24) is 0 Å². The predicted molar refractivity (Wildman–Crippen MR) is 81.4 cm³/mol. The number of carbonyl (C=O) groups excluding carboxylic acids is 2. The molecule has 0 bridgehead atoms. The van der Waals surface area contributed by atoms with Gasteiger partial charge >= 0.3 is 5.97 Å². The van der Waals surface area contributed by atoms with Crippen molar-refractivity contribution in [3.8, 4) is 0 Å². The molecule has 3 N–H and O–H groups in total. The van der Waals surface area contributed by atoms with E-state index in [0.717, 1.165) is 25.7 Å². The molecule has 0 atom stereocenters. The molecule has 0 saturated heterocycles. The molecule has 1 saturated carbocycles. The summed E-state index contributed by atoms with van der Waals surface area (Å²) in [7, 11) is 1.29. The molecule has 0 spiro atoms. The van der Waals surface area contributed by atoms with Crippen LogP contribution < -0.4 is 11.1 Å². The first kappa shape index (κ1) is 15.8. The van der Waals surface area contributed by atoms with E-state index in [4.69, 9.17) is 17.3 Å². The van der Waals surface area contributed by atoms with Gasteiger partial charge in [-0.2, -0.15) is 0 Å². The van der Waals surface area contributed by atoms with E-state index < -0.39 is 5.97 Å². The van der Waals surface area contributed by atoms with Crippen molar-refractivity contribution in [3.05, 3.63) is 28.8 Å². The molecule has 1 aromatic carbocycles. The van der Waals surface area contributed by atoms with Gasteiger partial charge in [0.25, 0.3) is 0 Å². The Kier molecular flexibility index (Phi) is 5.20. The molecule has 0 aromatic heterocycles. The minimum absolute atomic E-state index is 0.0259. The molecule has 21 heavy (non-hydrogen) atoms. The van der Waals surface area contributed by atoms with Crippen molar-refractivity contribution < 1.29 is 14.3 Å². The number of benzene rings is 1. The molecule has 0 unspecified atom stereocenters. The standard InChI is InChI=1S/C15H19ClN2O3/c1-21-15(20)12-8-11(6-7-13(12)16)18-14(19)9-2-4-10(17)5-3-9/h6-10H,2-5,17H2,1H3,(H,18,19). The zero-order valence-electron chi connectivity index (χ0n) is 11.9. The molecule has 114 valence electrons. The van der Waals surface area contributed by atoms with Gasteiger partial charge in [0.15, 0.2) is 0 Å². The average Bonchev–Trinajstić information content (AvgIpc) is 2.49. The lowest BCUT2D eigenvalue weighted by atomic mass is 9.86. The Morgan fingerprint density at radius 3 is 2.57 bits per heavy atom. The fourth-order valence-electron chi connectivity index (χ4n) is 2.50. The summed E-state index contributed by atoms with van der Waals surface area (Å²) in [6.07, 6.45) is 3.33. The van der Waals surface area contributed by atoms with E-state index in [9.17, 15) is 9.59 Å². The summed E-state index contributed by atoms with van der Waals surface area (Å²) in [5.74, 6) is -0.596. The van der Waals surface area contributed by atoms with Gasteiger partial charge in [-0.15, -0.1) is 0 Å². The molecule has 6 heteroatoms. The Balaban J connectivity index is 2.05. The van der Waals surface area contributed by atoms with Crippen molar-refractivity contribution in [2.75, 3.05) is 12.4 Å². The summed E-state index contributed by atoms with van der Waals surface area (Å²) in [5, 5.41) is 3.12. The Hall–Kier alpha value is -1.59. The number of nitrogens with two attached hydrogens (primary N) is 1. The maximum atomic E-state index is 12.2. The highest BCUT2D eigenvalue weighted by molar-refractivity contribution is 6.33. The molecule has 1 amide bonds. The largest absolute Gasteiger partial charge is 0.465 e. The lowest BCUT2D eigenvalue weighted by Gasteiger charge is -2.25. The number of nitrogens with one attached hydrogen (secondary N) is 1. The lowest BCUT2D eigenvalue weighted by Crippen LogP contribution is -2.32. The Morgan fingerprint density at radius 1 is 1.29 bits per heavy atom. The minimum atomic E-state index is -0.528. The molecule has 0 heterocycles.